The van der Waals surface area contributed by atoms with Crippen LogP contribution in [0, 0.1) is 0 Å². The number of ether oxygens (including phenoxy) is 1. The first-order chi connectivity index (χ1) is 14.0. The van der Waals surface area contributed by atoms with Crippen LogP contribution in [-0.2, 0) is 11.3 Å². The van der Waals surface area contributed by atoms with Crippen molar-refractivity contribution in [1.82, 2.24) is 4.90 Å². The minimum Gasteiger partial charge on any atom is -0.494 e. The summed E-state index contributed by atoms with van der Waals surface area (Å²) in [6, 6.07) is 15.0. The molecule has 2 N–H and O–H groups in total. The molecular weight excluding hydrogens is 366 g/mol. The second-order valence-corrected chi connectivity index (χ2v) is 6.99. The molecule has 29 heavy (non-hydrogen) atoms. The number of hydrogen-bond acceptors (Lipinski definition) is 3. The first-order valence-electron chi connectivity index (χ1n) is 10.2. The molecule has 156 valence electrons. The van der Waals surface area contributed by atoms with Gasteiger partial charge in [0.1, 0.15) is 12.3 Å². The predicted molar refractivity (Wildman–Crippen MR) is 115 cm³/mol. The number of likely N-dealkylation sites (N-methyl/N-ethyl adjacent to an activating group) is 1. The van der Waals surface area contributed by atoms with Crippen molar-refractivity contribution in [2.45, 2.75) is 27.3 Å². The number of nitrogens with one attached hydrogen (secondary N) is 2. The molecular formula is C23H32N3O3+. The van der Waals surface area contributed by atoms with Crippen molar-refractivity contribution in [1.29, 1.82) is 0 Å². The van der Waals surface area contributed by atoms with Crippen LogP contribution in [0.3, 0.4) is 0 Å². The third kappa shape index (κ3) is 6.91. The highest BCUT2D eigenvalue weighted by Crippen LogP contribution is 2.12. The van der Waals surface area contributed by atoms with Gasteiger partial charge in [0.25, 0.3) is 11.8 Å². The normalized spacial score (nSPS) is 11.6. The zero-order chi connectivity index (χ0) is 21.2. The van der Waals surface area contributed by atoms with Crippen LogP contribution in [-0.4, -0.2) is 50.0 Å². The second-order valence-electron chi connectivity index (χ2n) is 6.99. The highest BCUT2D eigenvalue weighted by molar-refractivity contribution is 5.96. The van der Waals surface area contributed by atoms with Crippen LogP contribution in [0.25, 0.3) is 0 Å². The van der Waals surface area contributed by atoms with Crippen molar-refractivity contribution in [2.24, 2.45) is 0 Å². The molecule has 0 heterocycles. The molecule has 1 unspecified atom stereocenters. The Kier molecular flexibility index (Phi) is 8.68. The molecule has 0 bridgehead atoms. The Morgan fingerprint density at radius 3 is 2.14 bits per heavy atom. The van der Waals surface area contributed by atoms with Gasteiger partial charge in [-0.25, -0.2) is 0 Å². The van der Waals surface area contributed by atoms with E-state index >= 15 is 0 Å². The summed E-state index contributed by atoms with van der Waals surface area (Å²) in [5, 5.41) is 2.90. The third-order valence-electron chi connectivity index (χ3n) is 4.67. The summed E-state index contributed by atoms with van der Waals surface area (Å²) >= 11 is 0. The molecule has 0 aromatic heterocycles. The summed E-state index contributed by atoms with van der Waals surface area (Å²) in [4.78, 5) is 27.5. The fourth-order valence-electron chi connectivity index (χ4n) is 3.15. The van der Waals surface area contributed by atoms with Crippen LogP contribution < -0.4 is 15.0 Å². The minimum atomic E-state index is -0.0590. The van der Waals surface area contributed by atoms with Gasteiger partial charge in [-0.1, -0.05) is 0 Å². The molecule has 0 radical (unpaired) electrons. The number of hydrogen-bond donors (Lipinski definition) is 2. The Morgan fingerprint density at radius 1 is 0.966 bits per heavy atom. The molecule has 2 aromatic carbocycles. The van der Waals surface area contributed by atoms with Crippen molar-refractivity contribution in [2.75, 3.05) is 38.6 Å². The quantitative estimate of drug-likeness (QED) is 0.645. The van der Waals surface area contributed by atoms with Crippen molar-refractivity contribution in [3.63, 3.8) is 0 Å². The van der Waals surface area contributed by atoms with E-state index in [-0.39, 0.29) is 11.8 Å². The van der Waals surface area contributed by atoms with Gasteiger partial charge in [0.2, 0.25) is 0 Å². The lowest BCUT2D eigenvalue weighted by molar-refractivity contribution is -0.885. The average molecular weight is 399 g/mol. The molecule has 0 saturated carbocycles. The van der Waals surface area contributed by atoms with Crippen LogP contribution in [0.15, 0.2) is 48.5 Å². The summed E-state index contributed by atoms with van der Waals surface area (Å²) in [7, 11) is 1.99. The van der Waals surface area contributed by atoms with Gasteiger partial charge in [-0.3, -0.25) is 9.59 Å². The van der Waals surface area contributed by atoms with Gasteiger partial charge in [0, 0.05) is 29.9 Å². The number of nitrogens with zero attached hydrogens (tertiary/aromatic N) is 1. The SMILES string of the molecule is CCOc1ccc(C[NH+](C)CC(=O)Nc2ccc(C(=O)N(CC)CC)cc2)cc1. The van der Waals surface area contributed by atoms with E-state index in [1.807, 2.05) is 52.1 Å². The topological polar surface area (TPSA) is 63.1 Å². The van der Waals surface area contributed by atoms with E-state index in [4.69, 9.17) is 4.74 Å². The lowest BCUT2D eigenvalue weighted by Gasteiger charge is -2.18. The third-order valence-corrected chi connectivity index (χ3v) is 4.67. The average Bonchev–Trinajstić information content (AvgIpc) is 2.71. The molecule has 0 aliphatic heterocycles. The number of carbonyl (C=O) groups excluding carboxylic acids is 2. The molecule has 1 atom stereocenters. The summed E-state index contributed by atoms with van der Waals surface area (Å²) in [6.45, 7) is 8.99. The lowest BCUT2D eigenvalue weighted by atomic mass is 10.1. The molecule has 6 nitrogen and oxygen atoms in total. The van der Waals surface area contributed by atoms with E-state index in [1.54, 1.807) is 29.2 Å². The predicted octanol–water partition coefficient (Wildman–Crippen LogP) is 2.22. The van der Waals surface area contributed by atoms with Gasteiger partial charge in [-0.15, -0.1) is 0 Å². The van der Waals surface area contributed by atoms with Crippen LogP contribution in [0.4, 0.5) is 5.69 Å². The number of benzene rings is 2. The highest BCUT2D eigenvalue weighted by atomic mass is 16.5. The van der Waals surface area contributed by atoms with E-state index in [1.165, 1.54) is 0 Å². The van der Waals surface area contributed by atoms with E-state index in [0.29, 0.717) is 37.5 Å². The van der Waals surface area contributed by atoms with Crippen molar-refractivity contribution in [3.8, 4) is 5.75 Å². The summed E-state index contributed by atoms with van der Waals surface area (Å²) in [6.07, 6.45) is 0. The Balaban J connectivity index is 1.85. The highest BCUT2D eigenvalue weighted by Gasteiger charge is 2.14. The largest absolute Gasteiger partial charge is 0.494 e. The van der Waals surface area contributed by atoms with Gasteiger partial charge >= 0.3 is 0 Å². The van der Waals surface area contributed by atoms with Gasteiger partial charge in [0.05, 0.1) is 13.7 Å². The molecule has 0 aliphatic rings. The maximum atomic E-state index is 12.3. The number of amides is 2. The van der Waals surface area contributed by atoms with Crippen LogP contribution in [0.2, 0.25) is 0 Å². The molecule has 6 heteroatoms. The molecule has 0 saturated heterocycles. The number of anilines is 1. The molecule has 0 fully saturated rings. The van der Waals surface area contributed by atoms with Gasteiger partial charge < -0.3 is 19.9 Å². The van der Waals surface area contributed by atoms with Crippen LogP contribution in [0.1, 0.15) is 36.7 Å². The van der Waals surface area contributed by atoms with Crippen molar-refractivity contribution >= 4 is 17.5 Å². The smallest absolute Gasteiger partial charge is 0.279 e. The second kappa shape index (κ2) is 11.2. The van der Waals surface area contributed by atoms with E-state index < -0.39 is 0 Å². The van der Waals surface area contributed by atoms with Gasteiger partial charge in [-0.2, -0.15) is 0 Å². The first-order valence-corrected chi connectivity index (χ1v) is 10.2. The van der Waals surface area contributed by atoms with E-state index in [2.05, 4.69) is 5.32 Å². The summed E-state index contributed by atoms with van der Waals surface area (Å²) in [5.74, 6) is 0.804. The fourth-order valence-corrected chi connectivity index (χ4v) is 3.15. The maximum absolute atomic E-state index is 12.3. The Hall–Kier alpha value is -2.86. The number of quaternary nitrogens is 1. The van der Waals surface area contributed by atoms with Gasteiger partial charge in [-0.05, 0) is 69.3 Å². The fraction of sp³-hybridized carbons (Fsp3) is 0.391. The Morgan fingerprint density at radius 2 is 1.59 bits per heavy atom. The van der Waals surface area contributed by atoms with Crippen molar-refractivity contribution in [3.05, 3.63) is 59.7 Å². The molecule has 2 aromatic rings. The Labute approximate surface area is 173 Å². The lowest BCUT2D eigenvalue weighted by Crippen LogP contribution is -3.08. The monoisotopic (exact) mass is 398 g/mol. The molecule has 2 amide bonds. The van der Waals surface area contributed by atoms with Crippen LogP contribution in [0.5, 0.6) is 5.75 Å². The van der Waals surface area contributed by atoms with E-state index in [9.17, 15) is 9.59 Å². The van der Waals surface area contributed by atoms with Crippen LogP contribution >= 0.6 is 0 Å². The standard InChI is InChI=1S/C23H31N3O3/c1-5-26(6-2)23(28)19-10-12-20(13-11-19)24-22(27)17-25(4)16-18-8-14-21(15-9-18)29-7-3/h8-15H,5-7,16-17H2,1-4H3,(H,24,27)/p+1. The van der Waals surface area contributed by atoms with Gasteiger partial charge in [0.15, 0.2) is 6.54 Å². The summed E-state index contributed by atoms with van der Waals surface area (Å²) in [5.41, 5.74) is 2.47. The molecule has 0 aliphatic carbocycles. The molecule has 0 spiro atoms. The zero-order valence-corrected chi connectivity index (χ0v) is 17.8. The summed E-state index contributed by atoms with van der Waals surface area (Å²) < 4.78 is 5.45. The Bertz CT molecular complexity index is 784. The molecule has 2 rings (SSSR count). The number of carbonyl (C=O) groups is 2. The zero-order valence-electron chi connectivity index (χ0n) is 17.8. The maximum Gasteiger partial charge on any atom is 0.279 e. The van der Waals surface area contributed by atoms with Crippen molar-refractivity contribution < 1.29 is 19.2 Å². The van der Waals surface area contributed by atoms with E-state index in [0.717, 1.165) is 22.8 Å². The number of rotatable bonds is 10. The first kappa shape index (κ1) is 22.4. The minimum absolute atomic E-state index is 0.00686.